The van der Waals surface area contributed by atoms with Gasteiger partial charge in [-0.15, -0.1) is 0 Å². The molecule has 1 aromatic rings. The molecule has 0 bridgehead atoms. The van der Waals surface area contributed by atoms with Crippen LogP contribution in [0, 0.1) is 6.92 Å². The number of carbonyl (C=O) groups is 2. The molecule has 0 fully saturated rings. The lowest BCUT2D eigenvalue weighted by molar-refractivity contribution is -0.129. The smallest absolute Gasteiger partial charge is 0.356 e. The Morgan fingerprint density at radius 3 is 2.71 bits per heavy atom. The molecular weight excluding hydrogens is 304 g/mol. The van der Waals surface area contributed by atoms with E-state index in [2.05, 4.69) is 5.10 Å². The van der Waals surface area contributed by atoms with Gasteiger partial charge < -0.3 is 5.11 Å². The number of carboxylic acids is 1. The summed E-state index contributed by atoms with van der Waals surface area (Å²) in [5.74, 6) is -1.19. The Hall–Kier alpha value is -2.95. The van der Waals surface area contributed by atoms with Gasteiger partial charge >= 0.3 is 5.97 Å². The molecule has 5 nitrogen and oxygen atoms in total. The average molecular weight is 322 g/mol. The van der Waals surface area contributed by atoms with Crippen LogP contribution in [0.1, 0.15) is 18.1 Å². The van der Waals surface area contributed by atoms with E-state index in [0.717, 1.165) is 16.7 Å². The van der Waals surface area contributed by atoms with Crippen LogP contribution in [-0.4, -0.2) is 40.2 Å². The molecule has 2 aliphatic rings. The van der Waals surface area contributed by atoms with Crippen molar-refractivity contribution in [2.24, 2.45) is 5.10 Å². The number of rotatable bonds is 3. The van der Waals surface area contributed by atoms with Crippen LogP contribution in [0.5, 0.6) is 0 Å². The third kappa shape index (κ3) is 2.93. The number of hydrogen-bond acceptors (Lipinski definition) is 4. The number of carbonyl (C=O) groups excluding carboxylic acids is 1. The van der Waals surface area contributed by atoms with Crippen molar-refractivity contribution < 1.29 is 14.7 Å². The lowest BCUT2D eigenvalue weighted by Gasteiger charge is -2.30. The minimum Gasteiger partial charge on any atom is -0.476 e. The van der Waals surface area contributed by atoms with Crippen LogP contribution in [0.3, 0.4) is 0 Å². The van der Waals surface area contributed by atoms with Crippen molar-refractivity contribution in [2.75, 3.05) is 6.54 Å². The number of aryl methyl sites for hydroxylation is 1. The lowest BCUT2D eigenvalue weighted by Crippen LogP contribution is -2.40. The first kappa shape index (κ1) is 15.9. The van der Waals surface area contributed by atoms with Gasteiger partial charge in [0.1, 0.15) is 6.04 Å². The predicted molar refractivity (Wildman–Crippen MR) is 92.6 cm³/mol. The quantitative estimate of drug-likeness (QED) is 0.928. The van der Waals surface area contributed by atoms with Gasteiger partial charge in [0.25, 0.3) is 0 Å². The first-order valence-electron chi connectivity index (χ1n) is 7.73. The van der Waals surface area contributed by atoms with E-state index in [0.29, 0.717) is 12.1 Å². The highest BCUT2D eigenvalue weighted by molar-refractivity contribution is 6.54. The van der Waals surface area contributed by atoms with Crippen LogP contribution in [0.4, 0.5) is 0 Å². The van der Waals surface area contributed by atoms with Crippen LogP contribution >= 0.6 is 0 Å². The molecule has 1 heterocycles. The number of ketones is 1. The molecular formula is C19H18N2O3. The summed E-state index contributed by atoms with van der Waals surface area (Å²) in [4.78, 5) is 23.9. The normalized spacial score (nSPS) is 20.4. The number of benzene rings is 1. The molecule has 0 saturated carbocycles. The standard InChI is InChI=1S/C19H18N2O3/c1-12-7-8-16(17(22)11-12)21-10-9-15(18(20-21)19(23)24)14-6-4-3-5-13(14)2/h3-9,11,16H,10H2,1-2H3,(H,23,24). The molecule has 0 amide bonds. The summed E-state index contributed by atoms with van der Waals surface area (Å²) < 4.78 is 0. The van der Waals surface area contributed by atoms with Crippen molar-refractivity contribution >= 4 is 23.0 Å². The van der Waals surface area contributed by atoms with Gasteiger partial charge in [-0.25, -0.2) is 4.79 Å². The van der Waals surface area contributed by atoms with E-state index in [-0.39, 0.29) is 11.5 Å². The fourth-order valence-electron chi connectivity index (χ4n) is 2.89. The van der Waals surface area contributed by atoms with Gasteiger partial charge in [-0.1, -0.05) is 42.5 Å². The van der Waals surface area contributed by atoms with Crippen molar-refractivity contribution in [1.82, 2.24) is 5.01 Å². The zero-order valence-electron chi connectivity index (χ0n) is 13.6. The molecule has 122 valence electrons. The Balaban J connectivity index is 1.95. The first-order chi connectivity index (χ1) is 11.5. The number of nitrogens with zero attached hydrogens (tertiary/aromatic N) is 2. The fourth-order valence-corrected chi connectivity index (χ4v) is 2.89. The van der Waals surface area contributed by atoms with Crippen molar-refractivity contribution in [3.63, 3.8) is 0 Å². The summed E-state index contributed by atoms with van der Waals surface area (Å²) in [6, 6.07) is 7.04. The Labute approximate surface area is 140 Å². The van der Waals surface area contributed by atoms with E-state index in [1.54, 1.807) is 12.2 Å². The molecule has 1 aliphatic heterocycles. The van der Waals surface area contributed by atoms with E-state index >= 15 is 0 Å². The summed E-state index contributed by atoms with van der Waals surface area (Å²) in [5.41, 5.74) is 3.27. The van der Waals surface area contributed by atoms with Crippen molar-refractivity contribution in [3.05, 3.63) is 65.3 Å². The fraction of sp³-hybridized carbons (Fsp3) is 0.211. The van der Waals surface area contributed by atoms with E-state index in [4.69, 9.17) is 0 Å². The number of aliphatic carboxylic acids is 1. The van der Waals surface area contributed by atoms with Crippen LogP contribution in [0.2, 0.25) is 0 Å². The minimum atomic E-state index is -1.10. The molecule has 1 N–H and O–H groups in total. The Kier molecular flexibility index (Phi) is 4.16. The van der Waals surface area contributed by atoms with Gasteiger partial charge in [0, 0.05) is 5.57 Å². The Bertz CT molecular complexity index is 831. The number of hydrogen-bond donors (Lipinski definition) is 1. The topological polar surface area (TPSA) is 70.0 Å². The molecule has 1 atom stereocenters. The monoisotopic (exact) mass is 322 g/mol. The van der Waals surface area contributed by atoms with Gasteiger partial charge in [0.2, 0.25) is 0 Å². The molecule has 1 unspecified atom stereocenters. The molecule has 5 heteroatoms. The Morgan fingerprint density at radius 2 is 2.04 bits per heavy atom. The van der Waals surface area contributed by atoms with E-state index < -0.39 is 12.0 Å². The van der Waals surface area contributed by atoms with Gasteiger partial charge in [-0.2, -0.15) is 5.10 Å². The maximum absolute atomic E-state index is 12.2. The van der Waals surface area contributed by atoms with Gasteiger partial charge in [0.05, 0.1) is 6.54 Å². The maximum atomic E-state index is 12.2. The summed E-state index contributed by atoms with van der Waals surface area (Å²) in [7, 11) is 0. The second kappa shape index (κ2) is 6.28. The minimum absolute atomic E-state index is 0.0389. The van der Waals surface area contributed by atoms with Crippen molar-refractivity contribution in [3.8, 4) is 0 Å². The van der Waals surface area contributed by atoms with Gasteiger partial charge in [-0.3, -0.25) is 9.80 Å². The largest absolute Gasteiger partial charge is 0.476 e. The number of allylic oxidation sites excluding steroid dienone is 2. The summed E-state index contributed by atoms with van der Waals surface area (Å²) in [6.45, 7) is 4.17. The van der Waals surface area contributed by atoms with Crippen LogP contribution in [-0.2, 0) is 9.59 Å². The van der Waals surface area contributed by atoms with E-state index in [1.807, 2.05) is 50.3 Å². The van der Waals surface area contributed by atoms with E-state index in [1.165, 1.54) is 5.01 Å². The van der Waals surface area contributed by atoms with Crippen LogP contribution in [0.25, 0.3) is 5.57 Å². The number of carboxylic acid groups (broad SMARTS) is 1. The zero-order valence-corrected chi connectivity index (χ0v) is 13.6. The second-order valence-corrected chi connectivity index (χ2v) is 5.90. The predicted octanol–water partition coefficient (Wildman–Crippen LogP) is 2.59. The van der Waals surface area contributed by atoms with Gasteiger partial charge in [0.15, 0.2) is 11.5 Å². The summed E-state index contributed by atoms with van der Waals surface area (Å²) in [6.07, 6.45) is 6.99. The number of hydrazone groups is 1. The SMILES string of the molecule is CC1=CC(=O)C(N2CC=C(c3ccccc3C)C(C(=O)O)=N2)C=C1. The molecule has 0 radical (unpaired) electrons. The molecule has 3 rings (SSSR count). The average Bonchev–Trinajstić information content (AvgIpc) is 2.55. The molecule has 1 aliphatic carbocycles. The first-order valence-corrected chi connectivity index (χ1v) is 7.73. The zero-order chi connectivity index (χ0) is 17.3. The van der Waals surface area contributed by atoms with Crippen LogP contribution < -0.4 is 0 Å². The maximum Gasteiger partial charge on any atom is 0.356 e. The molecule has 1 aromatic carbocycles. The molecule has 0 spiro atoms. The summed E-state index contributed by atoms with van der Waals surface area (Å²) in [5, 5.41) is 15.4. The summed E-state index contributed by atoms with van der Waals surface area (Å²) >= 11 is 0. The molecule has 24 heavy (non-hydrogen) atoms. The highest BCUT2D eigenvalue weighted by Gasteiger charge is 2.29. The highest BCUT2D eigenvalue weighted by Crippen LogP contribution is 2.25. The third-order valence-electron chi connectivity index (χ3n) is 4.13. The lowest BCUT2D eigenvalue weighted by atomic mass is 9.95. The second-order valence-electron chi connectivity index (χ2n) is 5.90. The Morgan fingerprint density at radius 1 is 1.29 bits per heavy atom. The van der Waals surface area contributed by atoms with Crippen molar-refractivity contribution in [1.29, 1.82) is 0 Å². The third-order valence-corrected chi connectivity index (χ3v) is 4.13. The van der Waals surface area contributed by atoms with Gasteiger partial charge in [-0.05, 0) is 36.6 Å². The molecule has 0 saturated heterocycles. The van der Waals surface area contributed by atoms with E-state index in [9.17, 15) is 14.7 Å². The van der Waals surface area contributed by atoms with Crippen molar-refractivity contribution in [2.45, 2.75) is 19.9 Å². The molecule has 0 aromatic heterocycles. The highest BCUT2D eigenvalue weighted by atomic mass is 16.4. The van der Waals surface area contributed by atoms with Crippen LogP contribution in [0.15, 0.2) is 59.2 Å².